The lowest BCUT2D eigenvalue weighted by Gasteiger charge is -2.20. The summed E-state index contributed by atoms with van der Waals surface area (Å²) in [7, 11) is 1.79. The van der Waals surface area contributed by atoms with Crippen LogP contribution >= 0.6 is 15.9 Å². The molecule has 4 heteroatoms. The van der Waals surface area contributed by atoms with E-state index in [0.29, 0.717) is 6.10 Å². The number of benzene rings is 1. The second kappa shape index (κ2) is 6.04. The molecule has 1 aromatic rings. The van der Waals surface area contributed by atoms with Gasteiger partial charge >= 0.3 is 0 Å². The Kier molecular flexibility index (Phi) is 4.65. The van der Waals surface area contributed by atoms with Crippen LogP contribution in [0.1, 0.15) is 18.9 Å². The lowest BCUT2D eigenvalue weighted by molar-refractivity contribution is 0.121. The molecule has 1 aliphatic heterocycles. The van der Waals surface area contributed by atoms with Gasteiger partial charge in [-0.1, -0.05) is 6.07 Å². The molecule has 2 rings (SSSR count). The molecule has 1 fully saturated rings. The van der Waals surface area contributed by atoms with Crippen molar-refractivity contribution >= 4 is 21.6 Å². The summed E-state index contributed by atoms with van der Waals surface area (Å²) in [6, 6.07) is 6.73. The Morgan fingerprint density at radius 3 is 2.89 bits per heavy atom. The Hall–Kier alpha value is -0.580. The molecule has 0 amide bonds. The molecule has 100 valence electrons. The van der Waals surface area contributed by atoms with Crippen molar-refractivity contribution in [2.45, 2.75) is 31.9 Å². The average molecular weight is 313 g/mol. The summed E-state index contributed by atoms with van der Waals surface area (Å²) in [5.74, 6) is 0. The highest BCUT2D eigenvalue weighted by atomic mass is 79.9. The van der Waals surface area contributed by atoms with Crippen LogP contribution in [-0.2, 0) is 11.2 Å². The average Bonchev–Trinajstić information content (AvgIpc) is 2.76. The van der Waals surface area contributed by atoms with Gasteiger partial charge in [-0.05, 0) is 53.4 Å². The number of methoxy groups -OCH3 is 1. The van der Waals surface area contributed by atoms with Crippen LogP contribution < -0.4 is 10.6 Å². The standard InChI is InChI=1S/C14H21BrN2O/c1-10(16)7-11-3-4-14(13(15)8-11)17-6-5-12(9-17)18-2/h3-4,8,10,12H,5-7,9,16H2,1-2H3. The molecule has 3 nitrogen and oxygen atoms in total. The fraction of sp³-hybridized carbons (Fsp3) is 0.571. The Balaban J connectivity index is 2.10. The zero-order chi connectivity index (χ0) is 13.1. The van der Waals surface area contributed by atoms with E-state index in [2.05, 4.69) is 39.0 Å². The zero-order valence-electron chi connectivity index (χ0n) is 11.0. The number of hydrogen-bond acceptors (Lipinski definition) is 3. The fourth-order valence-electron chi connectivity index (χ4n) is 2.45. The van der Waals surface area contributed by atoms with Crippen LogP contribution in [0.5, 0.6) is 0 Å². The van der Waals surface area contributed by atoms with Crippen LogP contribution in [0, 0.1) is 0 Å². The molecule has 18 heavy (non-hydrogen) atoms. The van der Waals surface area contributed by atoms with Gasteiger partial charge in [0.15, 0.2) is 0 Å². The number of ether oxygens (including phenoxy) is 1. The Bertz CT molecular complexity index is 409. The molecule has 0 radical (unpaired) electrons. The summed E-state index contributed by atoms with van der Waals surface area (Å²) in [4.78, 5) is 2.37. The van der Waals surface area contributed by atoms with Crippen molar-refractivity contribution in [3.8, 4) is 0 Å². The third-order valence-electron chi connectivity index (χ3n) is 3.39. The van der Waals surface area contributed by atoms with Gasteiger partial charge < -0.3 is 15.4 Å². The molecule has 0 bridgehead atoms. The Morgan fingerprint density at radius 2 is 2.33 bits per heavy atom. The quantitative estimate of drug-likeness (QED) is 0.928. The maximum atomic E-state index is 5.83. The van der Waals surface area contributed by atoms with Gasteiger partial charge in [0.25, 0.3) is 0 Å². The molecule has 2 unspecified atom stereocenters. The molecule has 0 aliphatic carbocycles. The normalized spacial score (nSPS) is 21.3. The third kappa shape index (κ3) is 3.25. The van der Waals surface area contributed by atoms with Gasteiger partial charge in [-0.3, -0.25) is 0 Å². The number of hydrogen-bond donors (Lipinski definition) is 1. The van der Waals surface area contributed by atoms with Crippen molar-refractivity contribution in [1.82, 2.24) is 0 Å². The van der Waals surface area contributed by atoms with Crippen molar-refractivity contribution in [2.24, 2.45) is 5.73 Å². The lowest BCUT2D eigenvalue weighted by atomic mass is 10.1. The first kappa shape index (κ1) is 13.8. The lowest BCUT2D eigenvalue weighted by Crippen LogP contribution is -2.22. The molecule has 2 N–H and O–H groups in total. The minimum atomic E-state index is 0.201. The summed E-state index contributed by atoms with van der Waals surface area (Å²) in [6.45, 7) is 4.07. The summed E-state index contributed by atoms with van der Waals surface area (Å²) in [5.41, 5.74) is 8.36. The number of rotatable bonds is 4. The number of nitrogens with two attached hydrogens (primary N) is 1. The van der Waals surface area contributed by atoms with Gasteiger partial charge in [-0.2, -0.15) is 0 Å². The fourth-order valence-corrected chi connectivity index (χ4v) is 3.12. The molecule has 0 aromatic heterocycles. The summed E-state index contributed by atoms with van der Waals surface area (Å²) in [5, 5.41) is 0. The van der Waals surface area contributed by atoms with Gasteiger partial charge in [-0.25, -0.2) is 0 Å². The van der Waals surface area contributed by atoms with E-state index in [-0.39, 0.29) is 6.04 Å². The molecule has 1 aromatic carbocycles. The minimum absolute atomic E-state index is 0.201. The molecule has 0 spiro atoms. The Labute approximate surface area is 117 Å². The van der Waals surface area contributed by atoms with E-state index in [1.807, 2.05) is 6.92 Å². The maximum absolute atomic E-state index is 5.83. The summed E-state index contributed by atoms with van der Waals surface area (Å²) in [6.07, 6.45) is 2.38. The highest BCUT2D eigenvalue weighted by molar-refractivity contribution is 9.10. The third-order valence-corrected chi connectivity index (χ3v) is 4.02. The van der Waals surface area contributed by atoms with Crippen molar-refractivity contribution in [2.75, 3.05) is 25.1 Å². The van der Waals surface area contributed by atoms with E-state index >= 15 is 0 Å². The summed E-state index contributed by atoms with van der Waals surface area (Å²) >= 11 is 3.67. The van der Waals surface area contributed by atoms with E-state index in [1.54, 1.807) is 7.11 Å². The van der Waals surface area contributed by atoms with Gasteiger partial charge in [-0.15, -0.1) is 0 Å². The monoisotopic (exact) mass is 312 g/mol. The van der Waals surface area contributed by atoms with Gasteiger partial charge in [0, 0.05) is 30.7 Å². The summed E-state index contributed by atoms with van der Waals surface area (Å²) < 4.78 is 6.56. The van der Waals surface area contributed by atoms with Gasteiger partial charge in [0.2, 0.25) is 0 Å². The van der Waals surface area contributed by atoms with Gasteiger partial charge in [0.1, 0.15) is 0 Å². The molecule has 2 atom stereocenters. The smallest absolute Gasteiger partial charge is 0.0762 e. The minimum Gasteiger partial charge on any atom is -0.380 e. The second-order valence-corrected chi connectivity index (χ2v) is 5.91. The Morgan fingerprint density at radius 1 is 1.56 bits per heavy atom. The van der Waals surface area contributed by atoms with E-state index in [0.717, 1.165) is 30.4 Å². The van der Waals surface area contributed by atoms with E-state index < -0.39 is 0 Å². The van der Waals surface area contributed by atoms with Crippen LogP contribution in [0.25, 0.3) is 0 Å². The van der Waals surface area contributed by atoms with Gasteiger partial charge in [0.05, 0.1) is 11.8 Å². The first-order valence-corrected chi connectivity index (χ1v) is 7.21. The van der Waals surface area contributed by atoms with E-state index in [1.165, 1.54) is 11.3 Å². The van der Waals surface area contributed by atoms with Crippen molar-refractivity contribution < 1.29 is 4.74 Å². The molecule has 0 saturated carbocycles. The van der Waals surface area contributed by atoms with Crippen LogP contribution in [0.2, 0.25) is 0 Å². The zero-order valence-corrected chi connectivity index (χ0v) is 12.6. The molecule has 1 aliphatic rings. The van der Waals surface area contributed by atoms with Crippen LogP contribution in [0.3, 0.4) is 0 Å². The molecular weight excluding hydrogens is 292 g/mol. The predicted octanol–water partition coefficient (Wildman–Crippen LogP) is 2.56. The van der Waals surface area contributed by atoms with Crippen LogP contribution in [-0.4, -0.2) is 32.3 Å². The molecular formula is C14H21BrN2O. The first-order valence-electron chi connectivity index (χ1n) is 6.42. The first-order chi connectivity index (χ1) is 8.60. The molecule has 1 saturated heterocycles. The van der Waals surface area contributed by atoms with Crippen molar-refractivity contribution in [3.63, 3.8) is 0 Å². The van der Waals surface area contributed by atoms with Crippen molar-refractivity contribution in [1.29, 1.82) is 0 Å². The number of nitrogens with zero attached hydrogens (tertiary/aromatic N) is 1. The van der Waals surface area contributed by atoms with E-state index in [4.69, 9.17) is 10.5 Å². The van der Waals surface area contributed by atoms with Crippen LogP contribution in [0.15, 0.2) is 22.7 Å². The SMILES string of the molecule is COC1CCN(c2ccc(CC(C)N)cc2Br)C1. The molecule has 1 heterocycles. The van der Waals surface area contributed by atoms with Crippen LogP contribution in [0.4, 0.5) is 5.69 Å². The maximum Gasteiger partial charge on any atom is 0.0762 e. The number of anilines is 1. The highest BCUT2D eigenvalue weighted by Gasteiger charge is 2.23. The predicted molar refractivity (Wildman–Crippen MR) is 79.1 cm³/mol. The largest absolute Gasteiger partial charge is 0.380 e. The highest BCUT2D eigenvalue weighted by Crippen LogP contribution is 2.30. The topological polar surface area (TPSA) is 38.5 Å². The second-order valence-electron chi connectivity index (χ2n) is 5.06. The van der Waals surface area contributed by atoms with Crippen molar-refractivity contribution in [3.05, 3.63) is 28.2 Å². The van der Waals surface area contributed by atoms with E-state index in [9.17, 15) is 0 Å². The number of halogens is 1.